The van der Waals surface area contributed by atoms with Crippen molar-refractivity contribution in [2.45, 2.75) is 50.5 Å². The van der Waals surface area contributed by atoms with Crippen LogP contribution in [-0.2, 0) is 14.8 Å². The van der Waals surface area contributed by atoms with Crippen molar-refractivity contribution in [3.05, 3.63) is 29.6 Å². The second kappa shape index (κ2) is 9.82. The van der Waals surface area contributed by atoms with Crippen molar-refractivity contribution in [3.63, 3.8) is 0 Å². The maximum absolute atomic E-state index is 14.2. The van der Waals surface area contributed by atoms with E-state index in [2.05, 4.69) is 10.0 Å². The van der Waals surface area contributed by atoms with E-state index in [4.69, 9.17) is 20.4 Å². The molecule has 1 atom stereocenters. The van der Waals surface area contributed by atoms with Crippen molar-refractivity contribution < 1.29 is 27.1 Å². The van der Waals surface area contributed by atoms with Gasteiger partial charge in [-0.3, -0.25) is 10.1 Å². The highest BCUT2D eigenvalue weighted by Gasteiger charge is 2.39. The molecular weight excluding hydrogens is 435 g/mol. The normalized spacial score (nSPS) is 18.0. The summed E-state index contributed by atoms with van der Waals surface area (Å²) in [5.41, 5.74) is 0.515. The number of unbranched alkanes of at least 4 members (excludes halogenated alkanes) is 2. The summed E-state index contributed by atoms with van der Waals surface area (Å²) < 4.78 is 47.1. The smallest absolute Gasteiger partial charge is 0.324 e. The molecular formula is C20H26B2FN3O5S. The zero-order valence-electron chi connectivity index (χ0n) is 18.0. The minimum atomic E-state index is -3.59. The molecule has 12 heteroatoms. The van der Waals surface area contributed by atoms with E-state index in [1.807, 2.05) is 0 Å². The molecule has 0 unspecified atom stereocenters. The number of rotatable bonds is 12. The number of nitrogens with one attached hydrogen (secondary N) is 2. The van der Waals surface area contributed by atoms with E-state index in [0.717, 1.165) is 12.8 Å². The van der Waals surface area contributed by atoms with E-state index in [1.54, 1.807) is 6.92 Å². The number of carbonyl (C=O) groups excluding carboxylic acids is 2. The quantitative estimate of drug-likeness (QED) is 0.278. The Balaban J connectivity index is 1.47. The SMILES string of the molecule is [B]C([B])(Oc1cc([C@@H](C)NS(=O)(=O)CCCCCN2CC(=O)NC2=O)ccc1F)C1CC1. The number of urea groups is 1. The average Bonchev–Trinajstić information content (AvgIpc) is 3.49. The van der Waals surface area contributed by atoms with Crippen LogP contribution < -0.4 is 14.8 Å². The van der Waals surface area contributed by atoms with Crippen LogP contribution in [0.25, 0.3) is 0 Å². The van der Waals surface area contributed by atoms with Gasteiger partial charge in [0.25, 0.3) is 0 Å². The van der Waals surface area contributed by atoms with Gasteiger partial charge in [0.2, 0.25) is 15.9 Å². The predicted octanol–water partition coefficient (Wildman–Crippen LogP) is 1.31. The second-order valence-corrected chi connectivity index (χ2v) is 10.3. The number of benzene rings is 1. The van der Waals surface area contributed by atoms with E-state index in [9.17, 15) is 22.4 Å². The molecule has 0 bridgehead atoms. The molecule has 1 saturated carbocycles. The first-order valence-electron chi connectivity index (χ1n) is 10.6. The molecule has 0 aromatic heterocycles. The number of amides is 3. The molecule has 1 heterocycles. The number of carbonyl (C=O) groups is 2. The number of halogens is 1. The third-order valence-corrected chi connectivity index (χ3v) is 7.06. The molecule has 1 aromatic rings. The van der Waals surface area contributed by atoms with Crippen LogP contribution in [0.5, 0.6) is 5.75 Å². The van der Waals surface area contributed by atoms with Gasteiger partial charge in [0.15, 0.2) is 11.6 Å². The van der Waals surface area contributed by atoms with Crippen molar-refractivity contribution in [2.24, 2.45) is 5.92 Å². The maximum Gasteiger partial charge on any atom is 0.324 e. The van der Waals surface area contributed by atoms with Gasteiger partial charge in [-0.25, -0.2) is 22.3 Å². The van der Waals surface area contributed by atoms with Gasteiger partial charge in [0.1, 0.15) is 22.2 Å². The molecule has 170 valence electrons. The lowest BCUT2D eigenvalue weighted by atomic mass is 9.62. The van der Waals surface area contributed by atoms with Crippen molar-refractivity contribution in [2.75, 3.05) is 18.8 Å². The van der Waals surface area contributed by atoms with E-state index in [-0.39, 0.29) is 29.9 Å². The van der Waals surface area contributed by atoms with Gasteiger partial charge < -0.3 is 9.64 Å². The highest BCUT2D eigenvalue weighted by atomic mass is 32.2. The summed E-state index contributed by atoms with van der Waals surface area (Å²) in [4.78, 5) is 24.0. The molecule has 1 aliphatic heterocycles. The van der Waals surface area contributed by atoms with Crippen LogP contribution in [0.15, 0.2) is 18.2 Å². The largest absolute Gasteiger partial charge is 0.504 e. The molecule has 4 radical (unpaired) electrons. The van der Waals surface area contributed by atoms with Gasteiger partial charge in [0, 0.05) is 18.0 Å². The average molecular weight is 461 g/mol. The molecule has 3 rings (SSSR count). The zero-order chi connectivity index (χ0) is 23.5. The van der Waals surface area contributed by atoms with Crippen LogP contribution in [0.3, 0.4) is 0 Å². The van der Waals surface area contributed by atoms with Crippen LogP contribution in [0.1, 0.15) is 50.6 Å². The molecule has 0 spiro atoms. The Morgan fingerprint density at radius 3 is 2.62 bits per heavy atom. The molecule has 1 aliphatic carbocycles. The minimum Gasteiger partial charge on any atom is -0.504 e. The Kier molecular flexibility index (Phi) is 7.54. The van der Waals surface area contributed by atoms with Gasteiger partial charge in [0.05, 0.1) is 5.75 Å². The first kappa shape index (κ1) is 24.6. The molecule has 32 heavy (non-hydrogen) atoms. The fourth-order valence-electron chi connectivity index (χ4n) is 3.51. The number of sulfonamides is 1. The first-order chi connectivity index (χ1) is 15.0. The molecule has 1 aromatic carbocycles. The number of ether oxygens (including phenoxy) is 1. The number of hydrogen-bond acceptors (Lipinski definition) is 5. The van der Waals surface area contributed by atoms with E-state index in [0.29, 0.717) is 31.4 Å². The lowest BCUT2D eigenvalue weighted by molar-refractivity contribution is -0.118. The number of imide groups is 1. The zero-order valence-corrected chi connectivity index (χ0v) is 18.8. The fraction of sp³-hybridized carbons (Fsp3) is 0.600. The summed E-state index contributed by atoms with van der Waals surface area (Å²) in [6.45, 7) is 2.08. The van der Waals surface area contributed by atoms with Crippen LogP contribution in [0.2, 0.25) is 0 Å². The number of nitrogens with zero attached hydrogens (tertiary/aromatic N) is 1. The molecule has 8 nitrogen and oxygen atoms in total. The van der Waals surface area contributed by atoms with Gasteiger partial charge in [-0.15, -0.1) is 0 Å². The fourth-order valence-corrected chi connectivity index (χ4v) is 4.88. The third-order valence-electron chi connectivity index (χ3n) is 5.52. The Labute approximate surface area is 190 Å². The first-order valence-corrected chi connectivity index (χ1v) is 12.3. The monoisotopic (exact) mass is 461 g/mol. The molecule has 1 saturated heterocycles. The van der Waals surface area contributed by atoms with Crippen LogP contribution in [0, 0.1) is 11.7 Å². The van der Waals surface area contributed by atoms with E-state index < -0.39 is 33.3 Å². The summed E-state index contributed by atoms with van der Waals surface area (Å²) in [6, 6.07) is 3.04. The second-order valence-electron chi connectivity index (χ2n) is 8.41. The van der Waals surface area contributed by atoms with Gasteiger partial charge in [-0.05, 0) is 56.2 Å². The van der Waals surface area contributed by atoms with E-state index >= 15 is 0 Å². The van der Waals surface area contributed by atoms with Crippen molar-refractivity contribution in [3.8, 4) is 5.75 Å². The van der Waals surface area contributed by atoms with E-state index in [1.165, 1.54) is 23.1 Å². The molecule has 3 amide bonds. The molecule has 2 fully saturated rings. The van der Waals surface area contributed by atoms with Gasteiger partial charge in [-0.1, -0.05) is 12.5 Å². The lowest BCUT2D eigenvalue weighted by Gasteiger charge is -2.28. The highest BCUT2D eigenvalue weighted by Crippen LogP contribution is 2.39. The van der Waals surface area contributed by atoms with Gasteiger partial charge >= 0.3 is 6.03 Å². The maximum atomic E-state index is 14.2. The Morgan fingerprint density at radius 1 is 1.28 bits per heavy atom. The van der Waals surface area contributed by atoms with Crippen LogP contribution >= 0.6 is 0 Å². The highest BCUT2D eigenvalue weighted by molar-refractivity contribution is 7.89. The predicted molar refractivity (Wildman–Crippen MR) is 118 cm³/mol. The van der Waals surface area contributed by atoms with Crippen LogP contribution in [-0.4, -0.2) is 65.2 Å². The summed E-state index contributed by atoms with van der Waals surface area (Å²) in [7, 11) is 8.25. The summed E-state index contributed by atoms with van der Waals surface area (Å²) in [5.74, 6) is -1.21. The van der Waals surface area contributed by atoms with Crippen molar-refractivity contribution in [1.82, 2.24) is 14.9 Å². The van der Waals surface area contributed by atoms with Gasteiger partial charge in [-0.2, -0.15) is 0 Å². The molecule has 2 aliphatic rings. The number of hydrogen-bond donors (Lipinski definition) is 2. The Bertz CT molecular complexity index is 972. The molecule has 2 N–H and O–H groups in total. The van der Waals surface area contributed by atoms with Crippen molar-refractivity contribution >= 4 is 37.7 Å². The third kappa shape index (κ3) is 6.71. The minimum absolute atomic E-state index is 0.0374. The lowest BCUT2D eigenvalue weighted by Crippen LogP contribution is -2.40. The topological polar surface area (TPSA) is 105 Å². The van der Waals surface area contributed by atoms with Crippen LogP contribution in [0.4, 0.5) is 9.18 Å². The summed E-state index contributed by atoms with van der Waals surface area (Å²) >= 11 is 0. The Hall–Kier alpha value is -2.07. The summed E-state index contributed by atoms with van der Waals surface area (Å²) in [5, 5.41) is 0.726. The van der Waals surface area contributed by atoms with Crippen molar-refractivity contribution in [1.29, 1.82) is 0 Å². The summed E-state index contributed by atoms with van der Waals surface area (Å²) in [6.07, 6.45) is 3.19. The standard InChI is InChI=1S/C20H26B2FN3O5S/c1-13(14-5-8-16(23)17(11-14)31-20(21,22)15-6-7-15)25-32(29,30)10-4-2-3-9-26-12-18(27)24-19(26)28/h5,8,11,13,15,25H,2-4,6-7,9-10,12H2,1H3,(H,24,27,28)/t13-/m1/s1. The Morgan fingerprint density at radius 2 is 2.00 bits per heavy atom.